The van der Waals surface area contributed by atoms with Gasteiger partial charge in [0.1, 0.15) is 0 Å². The summed E-state index contributed by atoms with van der Waals surface area (Å²) in [5.41, 5.74) is 0.535. The zero-order valence-corrected chi connectivity index (χ0v) is 13.6. The van der Waals surface area contributed by atoms with Crippen molar-refractivity contribution in [1.29, 1.82) is 0 Å². The van der Waals surface area contributed by atoms with Crippen molar-refractivity contribution in [1.82, 2.24) is 0 Å². The second-order valence-electron chi connectivity index (χ2n) is 5.67. The molecule has 0 aromatic rings. The van der Waals surface area contributed by atoms with Crippen LogP contribution in [-0.2, 0) is 0 Å². The molecule has 0 saturated carbocycles. The third kappa shape index (κ3) is 29.2. The molecule has 0 nitrogen and oxygen atoms in total. The molecule has 0 aromatic carbocycles. The first kappa shape index (κ1) is 21.3. The number of hydrogen-bond acceptors (Lipinski definition) is 0. The zero-order valence-electron chi connectivity index (χ0n) is 13.6. The van der Waals surface area contributed by atoms with E-state index >= 15 is 0 Å². The van der Waals surface area contributed by atoms with Crippen molar-refractivity contribution in [2.45, 2.75) is 94.4 Å². The second-order valence-corrected chi connectivity index (χ2v) is 5.67. The molecule has 1 atom stereocenters. The minimum atomic E-state index is 0.535. The van der Waals surface area contributed by atoms with Crippen LogP contribution in [-0.4, -0.2) is 0 Å². The fraction of sp³-hybridized carbons (Fsp3) is 1.00. The summed E-state index contributed by atoms with van der Waals surface area (Å²) in [7, 11) is 0. The normalized spacial score (nSPS) is 11.8. The topological polar surface area (TPSA) is 0 Å². The highest BCUT2D eigenvalue weighted by Crippen LogP contribution is 2.23. The molecule has 0 radical (unpaired) electrons. The first-order valence-corrected chi connectivity index (χ1v) is 7.37. The molecule has 1 unspecified atom stereocenters. The smallest absolute Gasteiger partial charge is 0.0383 e. The minimum Gasteiger partial charge on any atom is -0.0683 e. The molecule has 0 N–H and O–H groups in total. The number of rotatable bonds is 4. The van der Waals surface area contributed by atoms with Gasteiger partial charge in [0, 0.05) is 0 Å². The molecule has 0 aliphatic heterocycles. The quantitative estimate of drug-likeness (QED) is 0.504. The summed E-state index contributed by atoms with van der Waals surface area (Å²) >= 11 is 0. The average molecular weight is 230 g/mol. The van der Waals surface area contributed by atoms with E-state index in [0.717, 1.165) is 5.92 Å². The molecule has 102 valence electrons. The maximum absolute atomic E-state index is 2.35. The Kier molecular flexibility index (Phi) is 20.0. The van der Waals surface area contributed by atoms with Gasteiger partial charge in [-0.05, 0) is 17.8 Å². The van der Waals surface area contributed by atoms with Gasteiger partial charge in [-0.2, -0.15) is 0 Å². The Morgan fingerprint density at radius 2 is 1.31 bits per heavy atom. The highest BCUT2D eigenvalue weighted by molar-refractivity contribution is 4.62. The molecular weight excluding hydrogens is 192 g/mol. The van der Waals surface area contributed by atoms with Crippen LogP contribution in [0.2, 0.25) is 0 Å². The van der Waals surface area contributed by atoms with Crippen LogP contribution >= 0.6 is 0 Å². The van der Waals surface area contributed by atoms with E-state index in [4.69, 9.17) is 0 Å². The molecule has 0 amide bonds. The van der Waals surface area contributed by atoms with E-state index in [-0.39, 0.29) is 0 Å². The summed E-state index contributed by atoms with van der Waals surface area (Å²) in [4.78, 5) is 0. The second kappa shape index (κ2) is 15.0. The molecule has 0 heteroatoms. The van der Waals surface area contributed by atoms with Crippen molar-refractivity contribution in [3.8, 4) is 0 Å². The Bertz CT molecular complexity index is 97.1. The summed E-state index contributed by atoms with van der Waals surface area (Å²) < 4.78 is 0. The molecule has 0 saturated heterocycles. The Morgan fingerprint density at radius 1 is 0.938 bits per heavy atom. The van der Waals surface area contributed by atoms with E-state index < -0.39 is 0 Å². The van der Waals surface area contributed by atoms with Crippen LogP contribution in [0.4, 0.5) is 0 Å². The lowest BCUT2D eigenvalue weighted by Gasteiger charge is -2.18. The lowest BCUT2D eigenvalue weighted by molar-refractivity contribution is 0.341. The minimum absolute atomic E-state index is 0.535. The summed E-state index contributed by atoms with van der Waals surface area (Å²) in [6, 6.07) is 0. The van der Waals surface area contributed by atoms with Gasteiger partial charge in [0.05, 0.1) is 0 Å². The third-order valence-electron chi connectivity index (χ3n) is 2.32. The van der Waals surface area contributed by atoms with Crippen LogP contribution in [0.1, 0.15) is 94.4 Å². The summed E-state index contributed by atoms with van der Waals surface area (Å²) in [5, 5.41) is 0. The van der Waals surface area contributed by atoms with Crippen LogP contribution in [0.25, 0.3) is 0 Å². The predicted octanol–water partition coefficient (Wildman–Crippen LogP) is 6.69. The highest BCUT2D eigenvalue weighted by Gasteiger charge is 2.09. The summed E-state index contributed by atoms with van der Waals surface area (Å²) in [6.07, 6.45) is 6.77. The molecule has 0 spiro atoms. The van der Waals surface area contributed by atoms with Gasteiger partial charge in [-0.1, -0.05) is 88.0 Å². The van der Waals surface area contributed by atoms with E-state index in [1.54, 1.807) is 0 Å². The van der Waals surface area contributed by atoms with Crippen LogP contribution < -0.4 is 0 Å². The van der Waals surface area contributed by atoms with Gasteiger partial charge >= 0.3 is 0 Å². The first-order chi connectivity index (χ1) is 7.37. The Morgan fingerprint density at radius 3 is 1.56 bits per heavy atom. The zero-order chi connectivity index (χ0) is 13.6. The maximum Gasteiger partial charge on any atom is -0.0383 e. The first-order valence-electron chi connectivity index (χ1n) is 7.37. The largest absolute Gasteiger partial charge is 0.0683 e. The molecule has 0 aliphatic carbocycles. The van der Waals surface area contributed by atoms with E-state index in [9.17, 15) is 0 Å². The number of hydrogen-bond donors (Lipinski definition) is 0. The van der Waals surface area contributed by atoms with Gasteiger partial charge in [0.2, 0.25) is 0 Å². The molecule has 0 bridgehead atoms. The maximum atomic E-state index is 2.35. The van der Waals surface area contributed by atoms with Gasteiger partial charge in [-0.15, -0.1) is 0 Å². The third-order valence-corrected chi connectivity index (χ3v) is 2.32. The van der Waals surface area contributed by atoms with Crippen LogP contribution in [0.3, 0.4) is 0 Å². The molecular formula is C16H38. The van der Waals surface area contributed by atoms with Crippen molar-refractivity contribution in [3.63, 3.8) is 0 Å². The lowest BCUT2D eigenvalue weighted by atomic mass is 9.88. The predicted molar refractivity (Wildman–Crippen MR) is 80.1 cm³/mol. The van der Waals surface area contributed by atoms with Gasteiger partial charge < -0.3 is 0 Å². The summed E-state index contributed by atoms with van der Waals surface area (Å²) in [5.74, 6) is 0.928. The van der Waals surface area contributed by atoms with E-state index in [0.29, 0.717) is 5.41 Å². The van der Waals surface area contributed by atoms with Crippen molar-refractivity contribution < 1.29 is 0 Å². The standard InChI is InChI=1S/C11H24.C3H8.C2H6/c1-6-10(2)8-7-9-11(3,4)5;1-3-2;1-2/h10H,6-9H2,1-5H3;3H2,1-2H3;1-2H3. The fourth-order valence-electron chi connectivity index (χ4n) is 1.18. The molecule has 0 aliphatic rings. The Hall–Kier alpha value is 0. The molecule has 0 fully saturated rings. The van der Waals surface area contributed by atoms with Crippen molar-refractivity contribution >= 4 is 0 Å². The van der Waals surface area contributed by atoms with Gasteiger partial charge in [0.15, 0.2) is 0 Å². The molecule has 16 heavy (non-hydrogen) atoms. The van der Waals surface area contributed by atoms with Crippen molar-refractivity contribution in [3.05, 3.63) is 0 Å². The van der Waals surface area contributed by atoms with Gasteiger partial charge in [0.25, 0.3) is 0 Å². The Balaban J connectivity index is -0.000000289. The monoisotopic (exact) mass is 230 g/mol. The van der Waals surface area contributed by atoms with Crippen molar-refractivity contribution in [2.24, 2.45) is 11.3 Å². The van der Waals surface area contributed by atoms with E-state index in [1.807, 2.05) is 13.8 Å². The lowest BCUT2D eigenvalue weighted by Crippen LogP contribution is -2.05. The van der Waals surface area contributed by atoms with Gasteiger partial charge in [-0.25, -0.2) is 0 Å². The van der Waals surface area contributed by atoms with Crippen LogP contribution in [0, 0.1) is 11.3 Å². The molecule has 0 rings (SSSR count). The SMILES string of the molecule is CC.CCC.CCC(C)CCCC(C)(C)C. The van der Waals surface area contributed by atoms with Crippen molar-refractivity contribution in [2.75, 3.05) is 0 Å². The average Bonchev–Trinajstić information content (AvgIpc) is 2.20. The fourth-order valence-corrected chi connectivity index (χ4v) is 1.18. The molecule has 0 aromatic heterocycles. The Labute approximate surface area is 106 Å². The van der Waals surface area contributed by atoms with E-state index in [1.165, 1.54) is 32.1 Å². The van der Waals surface area contributed by atoms with Crippen LogP contribution in [0.15, 0.2) is 0 Å². The highest BCUT2D eigenvalue weighted by atomic mass is 14.2. The van der Waals surface area contributed by atoms with E-state index in [2.05, 4.69) is 48.5 Å². The summed E-state index contributed by atoms with van der Waals surface area (Å²) in [6.45, 7) is 19.8. The van der Waals surface area contributed by atoms with Crippen LogP contribution in [0.5, 0.6) is 0 Å². The van der Waals surface area contributed by atoms with Gasteiger partial charge in [-0.3, -0.25) is 0 Å². The molecule has 0 heterocycles.